The van der Waals surface area contributed by atoms with Gasteiger partial charge < -0.3 is 15.0 Å². The van der Waals surface area contributed by atoms with Gasteiger partial charge in [-0.2, -0.15) is 0 Å². The van der Waals surface area contributed by atoms with E-state index in [2.05, 4.69) is 12.2 Å². The first-order chi connectivity index (χ1) is 17.9. The van der Waals surface area contributed by atoms with Crippen molar-refractivity contribution in [1.29, 1.82) is 0 Å². The summed E-state index contributed by atoms with van der Waals surface area (Å²) in [5.74, 6) is -2.08. The highest BCUT2D eigenvalue weighted by Crippen LogP contribution is 2.32. The van der Waals surface area contributed by atoms with Crippen LogP contribution in [0.2, 0.25) is 0 Å². The number of anilines is 2. The van der Waals surface area contributed by atoms with Crippen LogP contribution in [0.15, 0.2) is 59.3 Å². The number of rotatable bonds is 8. The van der Waals surface area contributed by atoms with E-state index < -0.39 is 17.8 Å². The Balaban J connectivity index is 1.52. The second kappa shape index (κ2) is 11.6. The molecule has 0 aromatic heterocycles. The number of ether oxygens (including phenoxy) is 1. The SMILES string of the molecule is CCCOC(=O)c1ccccc1N1C(=O)C(Cl)=C(Nc2ccc(C(=O)N3CCCCC3CC)cc2)C1=O. The number of halogens is 1. The quantitative estimate of drug-likeness (QED) is 0.382. The molecule has 2 aromatic rings. The number of likely N-dealkylation sites (tertiary alicyclic amines) is 1. The Morgan fingerprint density at radius 2 is 1.76 bits per heavy atom. The normalized spacial score (nSPS) is 17.9. The number of nitrogens with zero attached hydrogens (tertiary/aromatic N) is 2. The zero-order valence-corrected chi connectivity index (χ0v) is 21.7. The zero-order chi connectivity index (χ0) is 26.5. The minimum Gasteiger partial charge on any atom is -0.462 e. The topological polar surface area (TPSA) is 96.0 Å². The largest absolute Gasteiger partial charge is 0.462 e. The number of imide groups is 1. The molecule has 8 nitrogen and oxygen atoms in total. The van der Waals surface area contributed by atoms with Crippen molar-refractivity contribution in [3.05, 3.63) is 70.4 Å². The molecule has 9 heteroatoms. The minimum atomic E-state index is -0.743. The number of esters is 1. The molecule has 2 aliphatic rings. The van der Waals surface area contributed by atoms with Gasteiger partial charge in [0.05, 0.1) is 17.9 Å². The fourth-order valence-corrected chi connectivity index (χ4v) is 4.86. The molecule has 2 heterocycles. The van der Waals surface area contributed by atoms with E-state index in [0.717, 1.165) is 37.1 Å². The molecule has 1 unspecified atom stereocenters. The highest BCUT2D eigenvalue weighted by Gasteiger charge is 2.40. The summed E-state index contributed by atoms with van der Waals surface area (Å²) in [5.41, 5.74) is 1.13. The van der Waals surface area contributed by atoms with Gasteiger partial charge >= 0.3 is 5.97 Å². The number of benzene rings is 2. The van der Waals surface area contributed by atoms with Crippen LogP contribution in [0.4, 0.5) is 11.4 Å². The van der Waals surface area contributed by atoms with Gasteiger partial charge in [-0.15, -0.1) is 0 Å². The van der Waals surface area contributed by atoms with Crippen LogP contribution in [0.3, 0.4) is 0 Å². The summed E-state index contributed by atoms with van der Waals surface area (Å²) in [6.07, 6.45) is 4.71. The number of hydrogen-bond acceptors (Lipinski definition) is 6. The van der Waals surface area contributed by atoms with Crippen molar-refractivity contribution in [2.45, 2.75) is 52.0 Å². The molecule has 1 N–H and O–H groups in total. The van der Waals surface area contributed by atoms with Gasteiger partial charge in [0.2, 0.25) is 0 Å². The molecule has 0 aliphatic carbocycles. The Hall–Kier alpha value is -3.65. The highest BCUT2D eigenvalue weighted by atomic mass is 35.5. The van der Waals surface area contributed by atoms with Crippen LogP contribution < -0.4 is 10.2 Å². The van der Waals surface area contributed by atoms with Gasteiger partial charge in [-0.05, 0) is 68.5 Å². The molecule has 0 spiro atoms. The molecule has 1 saturated heterocycles. The van der Waals surface area contributed by atoms with Crippen molar-refractivity contribution in [2.75, 3.05) is 23.4 Å². The molecular weight excluding hydrogens is 494 g/mol. The van der Waals surface area contributed by atoms with Crippen LogP contribution >= 0.6 is 11.6 Å². The van der Waals surface area contributed by atoms with Crippen molar-refractivity contribution < 1.29 is 23.9 Å². The average molecular weight is 524 g/mol. The second-order valence-corrected chi connectivity index (χ2v) is 9.42. The maximum atomic E-state index is 13.3. The van der Waals surface area contributed by atoms with Gasteiger partial charge in [0, 0.05) is 23.8 Å². The highest BCUT2D eigenvalue weighted by molar-refractivity contribution is 6.53. The third-order valence-electron chi connectivity index (χ3n) is 6.59. The molecule has 4 rings (SSSR count). The number of nitrogens with one attached hydrogen (secondary N) is 1. The van der Waals surface area contributed by atoms with Gasteiger partial charge in [0.1, 0.15) is 10.7 Å². The van der Waals surface area contributed by atoms with Crippen LogP contribution in [0, 0.1) is 0 Å². The lowest BCUT2D eigenvalue weighted by atomic mass is 9.99. The summed E-state index contributed by atoms with van der Waals surface area (Å²) in [6, 6.07) is 13.2. The summed E-state index contributed by atoms with van der Waals surface area (Å²) in [7, 11) is 0. The number of amides is 3. The molecular formula is C28H30ClN3O5. The third-order valence-corrected chi connectivity index (χ3v) is 6.94. The molecule has 1 fully saturated rings. The van der Waals surface area contributed by atoms with E-state index in [1.807, 2.05) is 11.8 Å². The van der Waals surface area contributed by atoms with Crippen LogP contribution in [-0.2, 0) is 14.3 Å². The molecule has 0 radical (unpaired) electrons. The minimum absolute atomic E-state index is 0.0137. The fraction of sp³-hybridized carbons (Fsp3) is 0.357. The predicted octanol–water partition coefficient (Wildman–Crippen LogP) is 5.09. The monoisotopic (exact) mass is 523 g/mol. The molecule has 3 amide bonds. The summed E-state index contributed by atoms with van der Waals surface area (Å²) in [5, 5.41) is 2.62. The Morgan fingerprint density at radius 1 is 1.03 bits per heavy atom. The molecule has 2 aromatic carbocycles. The van der Waals surface area contributed by atoms with E-state index in [0.29, 0.717) is 17.7 Å². The van der Waals surface area contributed by atoms with Crippen molar-refractivity contribution in [2.24, 2.45) is 0 Å². The van der Waals surface area contributed by atoms with E-state index >= 15 is 0 Å². The van der Waals surface area contributed by atoms with Crippen LogP contribution in [0.1, 0.15) is 66.7 Å². The predicted molar refractivity (Wildman–Crippen MR) is 141 cm³/mol. The molecule has 194 valence electrons. The van der Waals surface area contributed by atoms with Gasteiger partial charge in [-0.1, -0.05) is 37.6 Å². The second-order valence-electron chi connectivity index (χ2n) is 9.05. The number of carbonyl (C=O) groups excluding carboxylic acids is 4. The maximum Gasteiger partial charge on any atom is 0.340 e. The van der Waals surface area contributed by atoms with E-state index in [1.165, 1.54) is 12.1 Å². The molecule has 1 atom stereocenters. The first-order valence-corrected chi connectivity index (χ1v) is 13.0. The first-order valence-electron chi connectivity index (χ1n) is 12.6. The standard InChI is InChI=1S/C28H30ClN3O5/c1-3-17-37-28(36)21-10-5-6-11-22(21)32-26(34)23(29)24(27(32)35)30-19-14-12-18(13-15-19)25(33)31-16-8-7-9-20(31)4-2/h5-6,10-15,20,30H,3-4,7-9,16-17H2,1-2H3. The summed E-state index contributed by atoms with van der Waals surface area (Å²) < 4.78 is 5.20. The van der Waals surface area contributed by atoms with Crippen molar-refractivity contribution in [3.8, 4) is 0 Å². The van der Waals surface area contributed by atoms with Gasteiger partial charge in [0.25, 0.3) is 17.7 Å². The lowest BCUT2D eigenvalue weighted by molar-refractivity contribution is -0.120. The van der Waals surface area contributed by atoms with Gasteiger partial charge in [-0.25, -0.2) is 9.69 Å². The number of hydrogen-bond donors (Lipinski definition) is 1. The van der Waals surface area contributed by atoms with Crippen LogP contribution in [-0.4, -0.2) is 47.8 Å². The van der Waals surface area contributed by atoms with Crippen LogP contribution in [0.5, 0.6) is 0 Å². The van der Waals surface area contributed by atoms with Gasteiger partial charge in [0.15, 0.2) is 0 Å². The first kappa shape index (κ1) is 26.4. The fourth-order valence-electron chi connectivity index (χ4n) is 4.64. The Kier molecular flexibility index (Phi) is 8.28. The maximum absolute atomic E-state index is 13.3. The van der Waals surface area contributed by atoms with E-state index in [9.17, 15) is 19.2 Å². The van der Waals surface area contributed by atoms with Crippen LogP contribution in [0.25, 0.3) is 0 Å². The van der Waals surface area contributed by atoms with E-state index in [4.69, 9.17) is 16.3 Å². The smallest absolute Gasteiger partial charge is 0.340 e. The summed E-state index contributed by atoms with van der Waals surface area (Å²) in [6.45, 7) is 4.93. The number of carbonyl (C=O) groups is 4. The summed E-state index contributed by atoms with van der Waals surface area (Å²) >= 11 is 6.28. The summed E-state index contributed by atoms with van der Waals surface area (Å²) in [4.78, 5) is 54.6. The van der Waals surface area contributed by atoms with Gasteiger partial charge in [-0.3, -0.25) is 14.4 Å². The Morgan fingerprint density at radius 3 is 2.46 bits per heavy atom. The molecule has 0 bridgehead atoms. The van der Waals surface area contributed by atoms with E-state index in [-0.39, 0.29) is 40.5 Å². The zero-order valence-electron chi connectivity index (χ0n) is 21.0. The lowest BCUT2D eigenvalue weighted by Crippen LogP contribution is -2.43. The van der Waals surface area contributed by atoms with Crippen molar-refractivity contribution >= 4 is 46.7 Å². The molecule has 2 aliphatic heterocycles. The average Bonchev–Trinajstić information content (AvgIpc) is 3.14. The lowest BCUT2D eigenvalue weighted by Gasteiger charge is -2.35. The van der Waals surface area contributed by atoms with Crippen molar-refractivity contribution in [3.63, 3.8) is 0 Å². The molecule has 37 heavy (non-hydrogen) atoms. The Bertz CT molecular complexity index is 1240. The third kappa shape index (κ3) is 5.39. The number of piperidine rings is 1. The number of para-hydroxylation sites is 1. The Labute approximate surface area is 221 Å². The van der Waals surface area contributed by atoms with Crippen molar-refractivity contribution in [1.82, 2.24) is 4.90 Å². The van der Waals surface area contributed by atoms with E-state index in [1.54, 1.807) is 36.4 Å². The molecule has 0 saturated carbocycles.